The lowest BCUT2D eigenvalue weighted by atomic mass is 10.2. The van der Waals surface area contributed by atoms with Gasteiger partial charge in [-0.15, -0.1) is 11.6 Å². The molecular formula is C12H16ClNO3S. The van der Waals surface area contributed by atoms with Crippen LogP contribution in [-0.2, 0) is 20.6 Å². The minimum atomic E-state index is -3.46. The van der Waals surface area contributed by atoms with E-state index in [-0.39, 0.29) is 5.88 Å². The smallest absolute Gasteiger partial charge is 0.243 e. The molecule has 0 N–H and O–H groups in total. The zero-order valence-electron chi connectivity index (χ0n) is 10.0. The van der Waals surface area contributed by atoms with Crippen LogP contribution in [0.15, 0.2) is 29.2 Å². The van der Waals surface area contributed by atoms with E-state index in [1.165, 1.54) is 4.31 Å². The summed E-state index contributed by atoms with van der Waals surface area (Å²) in [6.07, 6.45) is 0.724. The zero-order valence-corrected chi connectivity index (χ0v) is 11.6. The van der Waals surface area contributed by atoms with Crippen LogP contribution in [0.2, 0.25) is 0 Å². The summed E-state index contributed by atoms with van der Waals surface area (Å²) < 4.78 is 31.8. The Bertz CT molecular complexity index is 496. The molecule has 0 aliphatic carbocycles. The van der Waals surface area contributed by atoms with Crippen molar-refractivity contribution in [2.24, 2.45) is 0 Å². The molecule has 1 aliphatic rings. The standard InChI is InChI=1S/C12H16ClNO3S/c13-10-11-4-1-2-5-12(11)18(15,16)14-6-3-8-17-9-7-14/h1-2,4-5H,3,6-10H2. The van der Waals surface area contributed by atoms with Gasteiger partial charge in [-0.1, -0.05) is 18.2 Å². The fourth-order valence-electron chi connectivity index (χ4n) is 1.97. The van der Waals surface area contributed by atoms with Crippen molar-refractivity contribution in [2.45, 2.75) is 17.2 Å². The summed E-state index contributed by atoms with van der Waals surface area (Å²) in [5, 5.41) is 0. The van der Waals surface area contributed by atoms with Crippen molar-refractivity contribution in [3.05, 3.63) is 29.8 Å². The molecule has 0 spiro atoms. The van der Waals surface area contributed by atoms with E-state index >= 15 is 0 Å². The summed E-state index contributed by atoms with van der Waals surface area (Å²) in [5.41, 5.74) is 0.643. The van der Waals surface area contributed by atoms with E-state index in [1.807, 2.05) is 0 Å². The normalized spacial score (nSPS) is 18.5. The second-order valence-corrected chi connectivity index (χ2v) is 6.28. The quantitative estimate of drug-likeness (QED) is 0.798. The monoisotopic (exact) mass is 289 g/mol. The summed E-state index contributed by atoms with van der Waals surface area (Å²) in [6.45, 7) is 1.96. The van der Waals surface area contributed by atoms with Gasteiger partial charge in [0.15, 0.2) is 0 Å². The van der Waals surface area contributed by atoms with Crippen LogP contribution in [0, 0.1) is 0 Å². The highest BCUT2D eigenvalue weighted by atomic mass is 35.5. The van der Waals surface area contributed by atoms with Crippen LogP contribution in [0.3, 0.4) is 0 Å². The van der Waals surface area contributed by atoms with E-state index in [1.54, 1.807) is 24.3 Å². The van der Waals surface area contributed by atoms with Gasteiger partial charge in [0, 0.05) is 25.6 Å². The predicted octanol–water partition coefficient (Wildman–Crippen LogP) is 1.84. The molecule has 0 saturated carbocycles. The van der Waals surface area contributed by atoms with Crippen molar-refractivity contribution in [3.63, 3.8) is 0 Å². The van der Waals surface area contributed by atoms with Gasteiger partial charge in [-0.25, -0.2) is 8.42 Å². The van der Waals surface area contributed by atoms with Crippen molar-refractivity contribution in [1.82, 2.24) is 4.31 Å². The molecule has 0 bridgehead atoms. The average Bonchev–Trinajstić information content (AvgIpc) is 2.68. The molecular weight excluding hydrogens is 274 g/mol. The molecule has 1 saturated heterocycles. The van der Waals surface area contributed by atoms with E-state index in [0.29, 0.717) is 36.8 Å². The molecule has 0 aromatic heterocycles. The molecule has 0 atom stereocenters. The Morgan fingerprint density at radius 1 is 1.22 bits per heavy atom. The van der Waals surface area contributed by atoms with Crippen molar-refractivity contribution < 1.29 is 13.2 Å². The number of halogens is 1. The molecule has 6 heteroatoms. The van der Waals surface area contributed by atoms with E-state index in [4.69, 9.17) is 16.3 Å². The van der Waals surface area contributed by atoms with Crippen molar-refractivity contribution >= 4 is 21.6 Å². The lowest BCUT2D eigenvalue weighted by molar-refractivity contribution is 0.148. The molecule has 1 heterocycles. The van der Waals surface area contributed by atoms with Gasteiger partial charge in [0.25, 0.3) is 0 Å². The number of benzene rings is 1. The lowest BCUT2D eigenvalue weighted by Gasteiger charge is -2.20. The van der Waals surface area contributed by atoms with Crippen LogP contribution in [0.1, 0.15) is 12.0 Å². The Kier molecular flexibility index (Phi) is 4.61. The highest BCUT2D eigenvalue weighted by molar-refractivity contribution is 7.89. The van der Waals surface area contributed by atoms with E-state index in [0.717, 1.165) is 6.42 Å². The Morgan fingerprint density at radius 2 is 2.00 bits per heavy atom. The van der Waals surface area contributed by atoms with Gasteiger partial charge in [-0.3, -0.25) is 0 Å². The first-order chi connectivity index (χ1) is 8.66. The van der Waals surface area contributed by atoms with Crippen LogP contribution in [-0.4, -0.2) is 39.0 Å². The van der Waals surface area contributed by atoms with Gasteiger partial charge in [0.05, 0.1) is 11.5 Å². The topological polar surface area (TPSA) is 46.6 Å². The van der Waals surface area contributed by atoms with E-state index in [9.17, 15) is 8.42 Å². The zero-order chi connectivity index (χ0) is 13.0. The molecule has 1 aromatic carbocycles. The molecule has 1 fully saturated rings. The SMILES string of the molecule is O=S(=O)(c1ccccc1CCl)N1CCCOCC1. The maximum atomic E-state index is 12.5. The Morgan fingerprint density at radius 3 is 2.78 bits per heavy atom. The Hall–Kier alpha value is -0.620. The minimum Gasteiger partial charge on any atom is -0.380 e. The third kappa shape index (κ3) is 2.85. The molecule has 1 aliphatic heterocycles. The van der Waals surface area contributed by atoms with Gasteiger partial charge in [-0.05, 0) is 18.1 Å². The summed E-state index contributed by atoms with van der Waals surface area (Å²) in [6, 6.07) is 6.87. The second-order valence-electron chi connectivity index (χ2n) is 4.11. The first-order valence-electron chi connectivity index (χ1n) is 5.88. The summed E-state index contributed by atoms with van der Waals surface area (Å²) in [7, 11) is -3.46. The Labute approximate surface area is 113 Å². The second kappa shape index (κ2) is 6.02. The average molecular weight is 290 g/mol. The number of rotatable bonds is 3. The van der Waals surface area contributed by atoms with Gasteiger partial charge in [-0.2, -0.15) is 4.31 Å². The van der Waals surface area contributed by atoms with E-state index < -0.39 is 10.0 Å². The molecule has 0 unspecified atom stereocenters. The van der Waals surface area contributed by atoms with E-state index in [2.05, 4.69) is 0 Å². The summed E-state index contributed by atoms with van der Waals surface area (Å²) >= 11 is 5.80. The van der Waals surface area contributed by atoms with Crippen LogP contribution < -0.4 is 0 Å². The number of alkyl halides is 1. The molecule has 4 nitrogen and oxygen atoms in total. The molecule has 2 rings (SSSR count). The summed E-state index contributed by atoms with van der Waals surface area (Å²) in [5.74, 6) is 0.194. The Balaban J connectivity index is 2.34. The third-order valence-electron chi connectivity index (χ3n) is 2.92. The number of ether oxygens (including phenoxy) is 1. The number of hydrogen-bond donors (Lipinski definition) is 0. The first-order valence-corrected chi connectivity index (χ1v) is 7.85. The van der Waals surface area contributed by atoms with Crippen LogP contribution in [0.4, 0.5) is 0 Å². The van der Waals surface area contributed by atoms with Crippen molar-refractivity contribution in [2.75, 3.05) is 26.3 Å². The number of nitrogens with zero attached hydrogens (tertiary/aromatic N) is 1. The largest absolute Gasteiger partial charge is 0.380 e. The highest BCUT2D eigenvalue weighted by Gasteiger charge is 2.27. The maximum Gasteiger partial charge on any atom is 0.243 e. The number of hydrogen-bond acceptors (Lipinski definition) is 3. The first kappa shape index (κ1) is 13.8. The third-order valence-corrected chi connectivity index (χ3v) is 5.20. The highest BCUT2D eigenvalue weighted by Crippen LogP contribution is 2.22. The van der Waals surface area contributed by atoms with Crippen LogP contribution in [0.5, 0.6) is 0 Å². The van der Waals surface area contributed by atoms with Gasteiger partial charge >= 0.3 is 0 Å². The van der Waals surface area contributed by atoms with Gasteiger partial charge < -0.3 is 4.74 Å². The van der Waals surface area contributed by atoms with Crippen LogP contribution in [0.25, 0.3) is 0 Å². The fourth-order valence-corrected chi connectivity index (χ4v) is 3.97. The summed E-state index contributed by atoms with van der Waals surface area (Å²) in [4.78, 5) is 0.307. The van der Waals surface area contributed by atoms with Crippen LogP contribution >= 0.6 is 11.6 Å². The molecule has 0 amide bonds. The molecule has 100 valence electrons. The predicted molar refractivity (Wildman–Crippen MR) is 70.2 cm³/mol. The van der Waals surface area contributed by atoms with Gasteiger partial charge in [0.2, 0.25) is 10.0 Å². The number of sulfonamides is 1. The molecule has 0 radical (unpaired) electrons. The lowest BCUT2D eigenvalue weighted by Crippen LogP contribution is -2.33. The molecule has 1 aromatic rings. The maximum absolute atomic E-state index is 12.5. The molecule has 18 heavy (non-hydrogen) atoms. The van der Waals surface area contributed by atoms with Crippen molar-refractivity contribution in [1.29, 1.82) is 0 Å². The minimum absolute atomic E-state index is 0.194. The fraction of sp³-hybridized carbons (Fsp3) is 0.500. The van der Waals surface area contributed by atoms with Crippen molar-refractivity contribution in [3.8, 4) is 0 Å². The van der Waals surface area contributed by atoms with Gasteiger partial charge in [0.1, 0.15) is 0 Å².